The second-order valence-electron chi connectivity index (χ2n) is 7.40. The summed E-state index contributed by atoms with van der Waals surface area (Å²) in [6, 6.07) is 2.39. The van der Waals surface area contributed by atoms with Crippen LogP contribution in [0.3, 0.4) is 0 Å². The molecule has 5 heteroatoms. The van der Waals surface area contributed by atoms with E-state index in [0.29, 0.717) is 0 Å². The molecule has 0 radical (unpaired) electrons. The van der Waals surface area contributed by atoms with E-state index in [1.807, 2.05) is 7.11 Å². The van der Waals surface area contributed by atoms with E-state index in [1.54, 1.807) is 0 Å². The molecular formula is C15H37N3OSi. The molecule has 0 aliphatic carbocycles. The zero-order valence-corrected chi connectivity index (χ0v) is 16.3. The Morgan fingerprint density at radius 1 is 0.850 bits per heavy atom. The highest BCUT2D eigenvalue weighted by Crippen LogP contribution is 2.34. The minimum absolute atomic E-state index is 0.267. The van der Waals surface area contributed by atoms with E-state index in [-0.39, 0.29) is 5.41 Å². The molecule has 0 aromatic carbocycles. The van der Waals surface area contributed by atoms with Crippen LogP contribution in [0.5, 0.6) is 0 Å². The molecule has 0 amide bonds. The molecule has 0 N–H and O–H groups in total. The first-order valence-electron chi connectivity index (χ1n) is 7.57. The van der Waals surface area contributed by atoms with Crippen LogP contribution in [0.4, 0.5) is 0 Å². The van der Waals surface area contributed by atoms with Crippen molar-refractivity contribution in [1.82, 2.24) is 14.7 Å². The van der Waals surface area contributed by atoms with E-state index >= 15 is 0 Å². The van der Waals surface area contributed by atoms with Gasteiger partial charge in [0.05, 0.1) is 0 Å². The Bertz CT molecular complexity index is 239. The fourth-order valence-electron chi connectivity index (χ4n) is 3.46. The lowest BCUT2D eigenvalue weighted by atomic mass is 9.88. The Morgan fingerprint density at radius 3 is 1.40 bits per heavy atom. The second-order valence-corrected chi connectivity index (χ2v) is 11.8. The van der Waals surface area contributed by atoms with Gasteiger partial charge in [0.25, 0.3) is 0 Å². The van der Waals surface area contributed by atoms with E-state index in [2.05, 4.69) is 70.5 Å². The van der Waals surface area contributed by atoms with Gasteiger partial charge in [0.2, 0.25) is 0 Å². The average molecular weight is 304 g/mol. The Balaban J connectivity index is 5.34. The maximum absolute atomic E-state index is 5.97. The fraction of sp³-hybridized carbons (Fsp3) is 1.00. The van der Waals surface area contributed by atoms with Crippen molar-refractivity contribution in [2.75, 3.05) is 69.0 Å². The number of rotatable bonds is 10. The van der Waals surface area contributed by atoms with Gasteiger partial charge in [-0.05, 0) is 60.9 Å². The van der Waals surface area contributed by atoms with Crippen molar-refractivity contribution in [3.8, 4) is 0 Å². The zero-order valence-electron chi connectivity index (χ0n) is 15.3. The van der Waals surface area contributed by atoms with Gasteiger partial charge < -0.3 is 19.1 Å². The van der Waals surface area contributed by atoms with Crippen molar-refractivity contribution in [1.29, 1.82) is 0 Å². The van der Waals surface area contributed by atoms with Crippen molar-refractivity contribution in [3.63, 3.8) is 0 Å². The molecular weight excluding hydrogens is 266 g/mol. The molecule has 122 valence electrons. The lowest BCUT2D eigenvalue weighted by Crippen LogP contribution is -2.53. The zero-order chi connectivity index (χ0) is 16.0. The van der Waals surface area contributed by atoms with Crippen LogP contribution >= 0.6 is 0 Å². The summed E-state index contributed by atoms with van der Waals surface area (Å²) in [7, 11) is 13.4. The van der Waals surface area contributed by atoms with Crippen LogP contribution < -0.4 is 0 Å². The molecule has 1 atom stereocenters. The third-order valence-electron chi connectivity index (χ3n) is 3.94. The third kappa shape index (κ3) is 7.18. The maximum Gasteiger partial charge on any atom is 0.189 e. The Labute approximate surface area is 128 Å². The number of nitrogens with zero attached hydrogens (tertiary/aromatic N) is 3. The van der Waals surface area contributed by atoms with E-state index < -0.39 is 8.32 Å². The largest absolute Gasteiger partial charge is 0.420 e. The average Bonchev–Trinajstić information content (AvgIpc) is 2.25. The van der Waals surface area contributed by atoms with Crippen LogP contribution in [-0.4, -0.2) is 92.0 Å². The first-order valence-corrected chi connectivity index (χ1v) is 10.4. The van der Waals surface area contributed by atoms with Gasteiger partial charge in [-0.2, -0.15) is 0 Å². The molecule has 0 bridgehead atoms. The van der Waals surface area contributed by atoms with Crippen molar-refractivity contribution in [3.05, 3.63) is 0 Å². The standard InChI is InChI=1S/C15H37N3OSi/c1-10-20(9,19-8)14-15(11-16(2)3,12-17(4)5)13-18(6)7/h10-14H2,1-9H3. The Morgan fingerprint density at radius 2 is 1.20 bits per heavy atom. The minimum atomic E-state index is -1.61. The van der Waals surface area contributed by atoms with Crippen molar-refractivity contribution >= 4 is 8.32 Å². The molecule has 0 aromatic rings. The highest BCUT2D eigenvalue weighted by molar-refractivity contribution is 6.72. The molecule has 0 aromatic heterocycles. The molecule has 0 spiro atoms. The predicted octanol–water partition coefficient (Wildman–Crippen LogP) is 1.90. The Hall–Kier alpha value is 0.0569. The molecule has 0 fully saturated rings. The van der Waals surface area contributed by atoms with Gasteiger partial charge in [-0.3, -0.25) is 0 Å². The van der Waals surface area contributed by atoms with Crippen molar-refractivity contribution in [2.45, 2.75) is 25.6 Å². The molecule has 0 aliphatic heterocycles. The first-order chi connectivity index (χ1) is 9.08. The second kappa shape index (κ2) is 8.49. The summed E-state index contributed by atoms with van der Waals surface area (Å²) in [5, 5.41) is 0. The highest BCUT2D eigenvalue weighted by Gasteiger charge is 2.41. The van der Waals surface area contributed by atoms with E-state index in [1.165, 1.54) is 12.1 Å². The summed E-state index contributed by atoms with van der Waals surface area (Å²) >= 11 is 0. The first kappa shape index (κ1) is 20.1. The lowest BCUT2D eigenvalue weighted by molar-refractivity contribution is 0.117. The highest BCUT2D eigenvalue weighted by atomic mass is 28.4. The summed E-state index contributed by atoms with van der Waals surface area (Å²) in [5.74, 6) is 0. The quantitative estimate of drug-likeness (QED) is 0.574. The normalized spacial score (nSPS) is 16.2. The predicted molar refractivity (Wildman–Crippen MR) is 92.0 cm³/mol. The summed E-state index contributed by atoms with van der Waals surface area (Å²) in [4.78, 5) is 6.98. The molecule has 0 saturated heterocycles. The molecule has 4 nitrogen and oxygen atoms in total. The van der Waals surface area contributed by atoms with Gasteiger partial charge >= 0.3 is 0 Å². The molecule has 0 saturated carbocycles. The lowest BCUT2D eigenvalue weighted by Gasteiger charge is -2.44. The topological polar surface area (TPSA) is 19.0 Å². The van der Waals surface area contributed by atoms with E-state index in [9.17, 15) is 0 Å². The van der Waals surface area contributed by atoms with Gasteiger partial charge in [0.1, 0.15) is 0 Å². The van der Waals surface area contributed by atoms with Gasteiger partial charge in [-0.15, -0.1) is 0 Å². The maximum atomic E-state index is 5.97. The van der Waals surface area contributed by atoms with Crippen LogP contribution in [0.15, 0.2) is 0 Å². The molecule has 1 unspecified atom stereocenters. The van der Waals surface area contributed by atoms with Crippen molar-refractivity contribution < 1.29 is 4.43 Å². The van der Waals surface area contributed by atoms with E-state index in [0.717, 1.165) is 19.6 Å². The minimum Gasteiger partial charge on any atom is -0.420 e. The van der Waals surface area contributed by atoms with Crippen molar-refractivity contribution in [2.24, 2.45) is 5.41 Å². The Kier molecular flexibility index (Phi) is 8.51. The summed E-state index contributed by atoms with van der Waals surface area (Å²) in [6.45, 7) is 7.98. The van der Waals surface area contributed by atoms with Crippen LogP contribution in [0, 0.1) is 5.41 Å². The number of hydrogen-bond donors (Lipinski definition) is 0. The van der Waals surface area contributed by atoms with Gasteiger partial charge in [0.15, 0.2) is 8.32 Å². The van der Waals surface area contributed by atoms with Crippen LogP contribution in [0.1, 0.15) is 6.92 Å². The van der Waals surface area contributed by atoms with Crippen LogP contribution in [0.25, 0.3) is 0 Å². The third-order valence-corrected chi connectivity index (χ3v) is 7.92. The summed E-state index contributed by atoms with van der Waals surface area (Å²) < 4.78 is 5.97. The van der Waals surface area contributed by atoms with Gasteiger partial charge in [0, 0.05) is 32.2 Å². The van der Waals surface area contributed by atoms with Crippen LogP contribution in [-0.2, 0) is 4.43 Å². The monoisotopic (exact) mass is 303 g/mol. The number of hydrogen-bond acceptors (Lipinski definition) is 4. The van der Waals surface area contributed by atoms with Crippen LogP contribution in [0.2, 0.25) is 18.6 Å². The molecule has 0 rings (SSSR count). The summed E-state index contributed by atoms with van der Waals surface area (Å²) in [5.41, 5.74) is 0.267. The van der Waals surface area contributed by atoms with E-state index in [4.69, 9.17) is 4.43 Å². The SMILES string of the molecule is CC[Si](C)(CC(CN(C)C)(CN(C)C)CN(C)C)OC. The summed E-state index contributed by atoms with van der Waals surface area (Å²) in [6.07, 6.45) is 0. The molecule has 20 heavy (non-hydrogen) atoms. The molecule has 0 heterocycles. The molecule has 0 aliphatic rings. The fourth-order valence-corrected chi connectivity index (χ4v) is 6.07. The smallest absolute Gasteiger partial charge is 0.189 e. The van der Waals surface area contributed by atoms with Gasteiger partial charge in [-0.1, -0.05) is 6.92 Å². The van der Waals surface area contributed by atoms with Gasteiger partial charge in [-0.25, -0.2) is 0 Å².